The van der Waals surface area contributed by atoms with Crippen LogP contribution in [-0.2, 0) is 0 Å². The first kappa shape index (κ1) is 23.2. The zero-order valence-electron chi connectivity index (χ0n) is 18.8. The number of amides is 1. The van der Waals surface area contributed by atoms with Gasteiger partial charge in [0.25, 0.3) is 5.91 Å². The van der Waals surface area contributed by atoms with E-state index in [0.717, 1.165) is 48.4 Å². The van der Waals surface area contributed by atoms with Crippen LogP contribution in [0.1, 0.15) is 23.7 Å². The number of nitrogens with one attached hydrogen (secondary N) is 4. The second-order valence-electron chi connectivity index (χ2n) is 8.12. The molecule has 2 aromatic carbocycles. The van der Waals surface area contributed by atoms with Crippen molar-refractivity contribution in [2.45, 2.75) is 29.2 Å². The van der Waals surface area contributed by atoms with E-state index in [-0.39, 0.29) is 5.56 Å². The van der Waals surface area contributed by atoms with Crippen LogP contribution in [0.5, 0.6) is 0 Å². The van der Waals surface area contributed by atoms with Gasteiger partial charge in [0.2, 0.25) is 0 Å². The van der Waals surface area contributed by atoms with Crippen molar-refractivity contribution in [2.24, 2.45) is 0 Å². The highest BCUT2D eigenvalue weighted by atomic mass is 32.2. The third kappa shape index (κ3) is 5.42. The predicted molar refractivity (Wildman–Crippen MR) is 131 cm³/mol. The summed E-state index contributed by atoms with van der Waals surface area (Å²) in [5.41, 5.74) is 6.26. The molecule has 0 unspecified atom stereocenters. The van der Waals surface area contributed by atoms with Gasteiger partial charge >= 0.3 is 0 Å². The van der Waals surface area contributed by atoms with E-state index in [9.17, 15) is 13.6 Å². The van der Waals surface area contributed by atoms with E-state index in [0.29, 0.717) is 16.7 Å². The molecule has 0 radical (unpaired) electrons. The zero-order valence-corrected chi connectivity index (χ0v) is 19.6. The van der Waals surface area contributed by atoms with E-state index in [1.807, 2.05) is 25.1 Å². The lowest BCUT2D eigenvalue weighted by Crippen LogP contribution is -2.38. The molecule has 8 nitrogen and oxygen atoms in total. The number of allylic oxidation sites excluding steroid dienone is 1. The fourth-order valence-corrected chi connectivity index (χ4v) is 4.28. The van der Waals surface area contributed by atoms with E-state index < -0.39 is 23.3 Å². The SMILES string of the molecule is C/C=C/C1(Nc2cc(N3CCC3)nc(Sc3ccc(NC(=O)c4cc(F)ccc4F)cc3)n2)NN1. The fraction of sp³-hybridized carbons (Fsp3) is 0.208. The second-order valence-corrected chi connectivity index (χ2v) is 9.16. The van der Waals surface area contributed by atoms with Crippen LogP contribution in [-0.4, -0.2) is 34.8 Å². The summed E-state index contributed by atoms with van der Waals surface area (Å²) in [4.78, 5) is 24.7. The van der Waals surface area contributed by atoms with Gasteiger partial charge in [-0.3, -0.25) is 4.79 Å². The average Bonchev–Trinajstić information content (AvgIpc) is 3.54. The zero-order chi connectivity index (χ0) is 24.4. The molecule has 5 rings (SSSR count). The maximum Gasteiger partial charge on any atom is 0.258 e. The molecule has 0 spiro atoms. The third-order valence-corrected chi connectivity index (χ3v) is 6.38. The lowest BCUT2D eigenvalue weighted by atomic mass is 10.2. The van der Waals surface area contributed by atoms with Crippen LogP contribution in [0, 0.1) is 11.6 Å². The number of hydrazine groups is 1. The number of nitrogens with zero attached hydrogens (tertiary/aromatic N) is 3. The Bertz CT molecular complexity index is 1280. The summed E-state index contributed by atoms with van der Waals surface area (Å²) in [5, 5.41) is 6.51. The van der Waals surface area contributed by atoms with Crippen LogP contribution in [0.3, 0.4) is 0 Å². The van der Waals surface area contributed by atoms with E-state index in [2.05, 4.69) is 31.4 Å². The molecule has 35 heavy (non-hydrogen) atoms. The normalized spacial score (nSPS) is 16.1. The molecule has 0 aliphatic carbocycles. The molecule has 0 atom stereocenters. The predicted octanol–water partition coefficient (Wildman–Crippen LogP) is 4.12. The largest absolute Gasteiger partial charge is 0.356 e. The van der Waals surface area contributed by atoms with Gasteiger partial charge in [0, 0.05) is 29.7 Å². The molecule has 2 saturated heterocycles. The minimum absolute atomic E-state index is 0.352. The smallest absolute Gasteiger partial charge is 0.258 e. The lowest BCUT2D eigenvalue weighted by molar-refractivity contribution is 0.102. The summed E-state index contributed by atoms with van der Waals surface area (Å²) in [6, 6.07) is 11.7. The van der Waals surface area contributed by atoms with Crippen molar-refractivity contribution in [3.63, 3.8) is 0 Å². The standard InChI is InChI=1S/C24H23F2N7OS/c1-2-10-24(31-32-24)30-20-14-21(33-11-3-12-33)29-23(28-20)35-17-7-5-16(6-8-17)27-22(34)18-13-15(25)4-9-19(18)26/h2,4-10,13-14,31-32H,3,11-12H2,1H3,(H,27,34)(H,28,29,30)/b10-2+. The molecule has 1 aromatic heterocycles. The summed E-state index contributed by atoms with van der Waals surface area (Å²) >= 11 is 1.39. The molecule has 2 aliphatic heterocycles. The van der Waals surface area contributed by atoms with E-state index in [1.54, 1.807) is 24.3 Å². The molecule has 1 amide bonds. The number of hydrogen-bond donors (Lipinski definition) is 4. The van der Waals surface area contributed by atoms with Crippen molar-refractivity contribution in [3.8, 4) is 0 Å². The summed E-state index contributed by atoms with van der Waals surface area (Å²) in [7, 11) is 0. The Morgan fingerprint density at radius 1 is 1.11 bits per heavy atom. The van der Waals surface area contributed by atoms with Gasteiger partial charge in [0.1, 0.15) is 23.3 Å². The molecule has 2 fully saturated rings. The maximum absolute atomic E-state index is 13.9. The van der Waals surface area contributed by atoms with Crippen LogP contribution in [0.2, 0.25) is 0 Å². The van der Waals surface area contributed by atoms with Crippen molar-refractivity contribution in [1.82, 2.24) is 20.8 Å². The molecule has 2 aliphatic rings. The number of rotatable bonds is 8. The van der Waals surface area contributed by atoms with Crippen LogP contribution >= 0.6 is 11.8 Å². The van der Waals surface area contributed by atoms with E-state index >= 15 is 0 Å². The van der Waals surface area contributed by atoms with E-state index in [4.69, 9.17) is 4.98 Å². The van der Waals surface area contributed by atoms with Crippen LogP contribution < -0.4 is 26.4 Å². The number of carbonyl (C=O) groups excluding carboxylic acids is 1. The summed E-state index contributed by atoms with van der Waals surface area (Å²) in [6.45, 7) is 3.85. The average molecular weight is 496 g/mol. The topological polar surface area (TPSA) is 114 Å². The van der Waals surface area contributed by atoms with Gasteiger partial charge < -0.3 is 15.5 Å². The van der Waals surface area contributed by atoms with Crippen LogP contribution in [0.15, 0.2) is 70.7 Å². The number of hydrogen-bond acceptors (Lipinski definition) is 8. The number of benzene rings is 2. The molecule has 4 N–H and O–H groups in total. The maximum atomic E-state index is 13.9. The molecule has 0 bridgehead atoms. The third-order valence-electron chi connectivity index (χ3n) is 5.50. The Hall–Kier alpha value is -3.54. The van der Waals surface area contributed by atoms with Gasteiger partial charge in [-0.2, -0.15) is 0 Å². The van der Waals surface area contributed by atoms with Crippen molar-refractivity contribution in [2.75, 3.05) is 28.6 Å². The minimum atomic E-state index is -0.785. The van der Waals surface area contributed by atoms with Gasteiger partial charge in [-0.1, -0.05) is 6.08 Å². The monoisotopic (exact) mass is 495 g/mol. The minimum Gasteiger partial charge on any atom is -0.356 e. The number of aromatic nitrogens is 2. The molecular formula is C24H23F2N7OS. The Kier molecular flexibility index (Phi) is 6.37. The highest BCUT2D eigenvalue weighted by molar-refractivity contribution is 7.99. The summed E-state index contributed by atoms with van der Waals surface area (Å²) < 4.78 is 27.3. The Morgan fingerprint density at radius 2 is 1.89 bits per heavy atom. The van der Waals surface area contributed by atoms with Crippen LogP contribution in [0.25, 0.3) is 0 Å². The van der Waals surface area contributed by atoms with Gasteiger partial charge in [0.15, 0.2) is 10.9 Å². The summed E-state index contributed by atoms with van der Waals surface area (Å²) in [6.07, 6.45) is 5.04. The molecule has 180 valence electrons. The lowest BCUT2D eigenvalue weighted by Gasteiger charge is -2.32. The van der Waals surface area contributed by atoms with Crippen molar-refractivity contribution >= 4 is 35.0 Å². The van der Waals surface area contributed by atoms with Crippen molar-refractivity contribution < 1.29 is 13.6 Å². The quantitative estimate of drug-likeness (QED) is 0.210. The van der Waals surface area contributed by atoms with Gasteiger partial charge in [-0.05, 0) is 73.6 Å². The van der Waals surface area contributed by atoms with Crippen molar-refractivity contribution in [3.05, 3.63) is 77.9 Å². The first-order chi connectivity index (χ1) is 16.9. The molecule has 11 heteroatoms. The highest BCUT2D eigenvalue weighted by Gasteiger charge is 2.39. The fourth-order valence-electron chi connectivity index (χ4n) is 3.52. The van der Waals surface area contributed by atoms with E-state index in [1.165, 1.54) is 11.8 Å². The number of halogens is 2. The second kappa shape index (κ2) is 9.61. The van der Waals surface area contributed by atoms with Crippen LogP contribution in [0.4, 0.5) is 26.1 Å². The highest BCUT2D eigenvalue weighted by Crippen LogP contribution is 2.31. The number of anilines is 3. The molecule has 0 saturated carbocycles. The Balaban J connectivity index is 1.31. The van der Waals surface area contributed by atoms with Gasteiger partial charge in [-0.15, -0.1) is 0 Å². The number of carbonyl (C=O) groups is 1. The Morgan fingerprint density at radius 3 is 2.54 bits per heavy atom. The molecule has 3 aromatic rings. The Labute approximate surface area is 205 Å². The summed E-state index contributed by atoms with van der Waals surface area (Å²) in [5.74, 6) is -1.16. The van der Waals surface area contributed by atoms with Gasteiger partial charge in [-0.25, -0.2) is 29.6 Å². The van der Waals surface area contributed by atoms with Gasteiger partial charge in [0.05, 0.1) is 5.56 Å². The first-order valence-electron chi connectivity index (χ1n) is 11.1. The first-order valence-corrected chi connectivity index (χ1v) is 11.9. The molecular weight excluding hydrogens is 472 g/mol. The van der Waals surface area contributed by atoms with Crippen molar-refractivity contribution in [1.29, 1.82) is 0 Å². The molecule has 3 heterocycles.